The molecule has 3 N–H and O–H groups in total. The van der Waals surface area contributed by atoms with Crippen LogP contribution in [0.5, 0.6) is 0 Å². The summed E-state index contributed by atoms with van der Waals surface area (Å²) >= 11 is 0. The zero-order valence-electron chi connectivity index (χ0n) is 21.3. The van der Waals surface area contributed by atoms with Crippen molar-refractivity contribution in [2.45, 2.75) is 64.6 Å². The molecule has 0 spiro atoms. The summed E-state index contributed by atoms with van der Waals surface area (Å²) < 4.78 is 5.45. The van der Waals surface area contributed by atoms with Gasteiger partial charge in [-0.05, 0) is 80.1 Å². The number of hydrogen-bond acceptors (Lipinski definition) is 3. The number of H-pyrrole nitrogens is 1. The van der Waals surface area contributed by atoms with Crippen LogP contribution in [0.1, 0.15) is 67.2 Å². The number of alkyl carbamates (subject to hydrolysis) is 1. The second kappa shape index (κ2) is 9.01. The molecular formula is C30H33N3O3. The van der Waals surface area contributed by atoms with E-state index in [0.717, 1.165) is 41.4 Å². The first-order valence-corrected chi connectivity index (χ1v) is 12.6. The van der Waals surface area contributed by atoms with Crippen molar-refractivity contribution in [2.75, 3.05) is 0 Å². The van der Waals surface area contributed by atoms with Gasteiger partial charge < -0.3 is 20.4 Å². The number of carbonyl (C=O) groups excluding carboxylic acids is 2. The molecule has 0 saturated heterocycles. The summed E-state index contributed by atoms with van der Waals surface area (Å²) in [6.45, 7) is 8.03. The second-order valence-corrected chi connectivity index (χ2v) is 10.5. The van der Waals surface area contributed by atoms with E-state index in [0.29, 0.717) is 12.1 Å². The average Bonchev–Trinajstić information content (AvgIpc) is 3.52. The van der Waals surface area contributed by atoms with Crippen LogP contribution >= 0.6 is 0 Å². The summed E-state index contributed by atoms with van der Waals surface area (Å²) in [5, 5.41) is 9.52. The lowest BCUT2D eigenvalue weighted by atomic mass is 9.96. The average molecular weight is 484 g/mol. The molecule has 5 rings (SSSR count). The van der Waals surface area contributed by atoms with Gasteiger partial charge in [0, 0.05) is 22.2 Å². The lowest BCUT2D eigenvalue weighted by Gasteiger charge is -2.23. The van der Waals surface area contributed by atoms with Crippen LogP contribution in [0, 0.1) is 6.92 Å². The molecule has 1 saturated carbocycles. The van der Waals surface area contributed by atoms with Gasteiger partial charge in [0.2, 0.25) is 0 Å². The van der Waals surface area contributed by atoms with Gasteiger partial charge in [0.25, 0.3) is 5.91 Å². The fourth-order valence-corrected chi connectivity index (χ4v) is 4.74. The quantitative estimate of drug-likeness (QED) is 0.282. The first kappa shape index (κ1) is 23.9. The van der Waals surface area contributed by atoms with Crippen LogP contribution < -0.4 is 10.6 Å². The predicted octanol–water partition coefficient (Wildman–Crippen LogP) is 6.46. The molecule has 2 amide bonds. The first-order valence-electron chi connectivity index (χ1n) is 12.6. The van der Waals surface area contributed by atoms with Crippen molar-refractivity contribution in [2.24, 2.45) is 0 Å². The molecule has 1 aromatic heterocycles. The maximum atomic E-state index is 13.5. The highest BCUT2D eigenvalue weighted by atomic mass is 16.6. The van der Waals surface area contributed by atoms with E-state index >= 15 is 0 Å². The van der Waals surface area contributed by atoms with Gasteiger partial charge in [0.15, 0.2) is 0 Å². The molecule has 36 heavy (non-hydrogen) atoms. The predicted molar refractivity (Wildman–Crippen MR) is 143 cm³/mol. The third-order valence-electron chi connectivity index (χ3n) is 7.32. The molecule has 3 aromatic carbocycles. The lowest BCUT2D eigenvalue weighted by Crippen LogP contribution is -2.35. The Balaban J connectivity index is 1.33. The number of rotatable bonds is 7. The number of hydrogen-bond donors (Lipinski definition) is 3. The Labute approximate surface area is 211 Å². The van der Waals surface area contributed by atoms with E-state index in [9.17, 15) is 9.59 Å². The summed E-state index contributed by atoms with van der Waals surface area (Å²) in [6.07, 6.45) is 2.15. The number of carbonyl (C=O) groups is 2. The summed E-state index contributed by atoms with van der Waals surface area (Å²) in [7, 11) is 0. The Kier molecular flexibility index (Phi) is 5.99. The number of aromatic amines is 1. The molecular weight excluding hydrogens is 450 g/mol. The third-order valence-corrected chi connectivity index (χ3v) is 7.32. The molecule has 0 aliphatic heterocycles. The summed E-state index contributed by atoms with van der Waals surface area (Å²) in [6, 6.07) is 20.5. The second-order valence-electron chi connectivity index (χ2n) is 10.5. The van der Waals surface area contributed by atoms with Crippen molar-refractivity contribution < 1.29 is 14.3 Å². The number of aryl methyl sites for hydroxylation is 1. The lowest BCUT2D eigenvalue weighted by molar-refractivity contribution is 0.0359. The van der Waals surface area contributed by atoms with E-state index in [1.807, 2.05) is 58.0 Å². The molecule has 0 unspecified atom stereocenters. The van der Waals surface area contributed by atoms with Gasteiger partial charge in [-0.2, -0.15) is 0 Å². The Morgan fingerprint density at radius 3 is 2.53 bits per heavy atom. The van der Waals surface area contributed by atoms with Crippen molar-refractivity contribution in [1.82, 2.24) is 15.6 Å². The van der Waals surface area contributed by atoms with Crippen LogP contribution in [-0.4, -0.2) is 22.6 Å². The Bertz CT molecular complexity index is 1460. The standard InChI is InChI=1S/C30H33N3O3/c1-5-29(3,4)36-28(35)31-18-22-16-21-15-19(2)24(17-26(21)32-22)27(34)33-30(13-14-30)25-12-8-10-20-9-6-7-11-23(20)25/h6-12,15-17,32H,5,13-14,18H2,1-4H3,(H,31,35)(H,33,34). The summed E-state index contributed by atoms with van der Waals surface area (Å²) in [5.74, 6) is -0.0699. The highest BCUT2D eigenvalue weighted by molar-refractivity contribution is 6.01. The van der Waals surface area contributed by atoms with Crippen molar-refractivity contribution in [3.05, 3.63) is 83.0 Å². The highest BCUT2D eigenvalue weighted by Gasteiger charge is 2.46. The molecule has 0 bridgehead atoms. The number of amides is 2. The normalized spacial score (nSPS) is 14.6. The number of benzene rings is 3. The molecule has 6 nitrogen and oxygen atoms in total. The number of aromatic nitrogens is 1. The molecule has 0 radical (unpaired) electrons. The van der Waals surface area contributed by atoms with Crippen LogP contribution in [0.2, 0.25) is 0 Å². The van der Waals surface area contributed by atoms with Gasteiger partial charge >= 0.3 is 6.09 Å². The molecule has 1 heterocycles. The monoisotopic (exact) mass is 483 g/mol. The van der Waals surface area contributed by atoms with Crippen LogP contribution in [0.4, 0.5) is 4.79 Å². The van der Waals surface area contributed by atoms with Crippen LogP contribution in [-0.2, 0) is 16.8 Å². The van der Waals surface area contributed by atoms with Gasteiger partial charge in [-0.25, -0.2) is 4.79 Å². The molecule has 6 heteroatoms. The SMILES string of the molecule is CCC(C)(C)OC(=O)NCc1cc2cc(C)c(C(=O)NC3(c4cccc5ccccc45)CC3)cc2[nH]1. The molecule has 186 valence electrons. The maximum absolute atomic E-state index is 13.5. The van der Waals surface area contributed by atoms with Crippen molar-refractivity contribution >= 4 is 33.7 Å². The minimum atomic E-state index is -0.505. The zero-order chi connectivity index (χ0) is 25.5. The van der Waals surface area contributed by atoms with Crippen molar-refractivity contribution in [3.8, 4) is 0 Å². The topological polar surface area (TPSA) is 83.2 Å². The van der Waals surface area contributed by atoms with Crippen molar-refractivity contribution in [3.63, 3.8) is 0 Å². The number of ether oxygens (including phenoxy) is 1. The largest absolute Gasteiger partial charge is 0.444 e. The molecule has 1 fully saturated rings. The van der Waals surface area contributed by atoms with Gasteiger partial charge in [-0.15, -0.1) is 0 Å². The van der Waals surface area contributed by atoms with E-state index in [2.05, 4.69) is 45.9 Å². The van der Waals surface area contributed by atoms with Gasteiger partial charge in [-0.1, -0.05) is 49.4 Å². The van der Waals surface area contributed by atoms with Gasteiger partial charge in [0.1, 0.15) is 5.60 Å². The Morgan fingerprint density at radius 2 is 1.78 bits per heavy atom. The fourth-order valence-electron chi connectivity index (χ4n) is 4.74. The number of fused-ring (bicyclic) bond motifs is 2. The van der Waals surface area contributed by atoms with Gasteiger partial charge in [-0.3, -0.25) is 4.79 Å². The van der Waals surface area contributed by atoms with Crippen LogP contribution in [0.3, 0.4) is 0 Å². The smallest absolute Gasteiger partial charge is 0.407 e. The third kappa shape index (κ3) is 4.68. The van der Waals surface area contributed by atoms with Gasteiger partial charge in [0.05, 0.1) is 12.1 Å². The van der Waals surface area contributed by atoms with E-state index in [1.54, 1.807) is 0 Å². The minimum Gasteiger partial charge on any atom is -0.444 e. The molecule has 1 aliphatic rings. The highest BCUT2D eigenvalue weighted by Crippen LogP contribution is 2.48. The summed E-state index contributed by atoms with van der Waals surface area (Å²) in [5.41, 5.74) is 3.63. The van der Waals surface area contributed by atoms with Crippen LogP contribution in [0.15, 0.2) is 60.7 Å². The Morgan fingerprint density at radius 1 is 1.03 bits per heavy atom. The Hall–Kier alpha value is -3.80. The molecule has 0 atom stereocenters. The van der Waals surface area contributed by atoms with Crippen LogP contribution in [0.25, 0.3) is 21.7 Å². The number of nitrogens with one attached hydrogen (secondary N) is 3. The van der Waals surface area contributed by atoms with E-state index in [1.165, 1.54) is 16.3 Å². The van der Waals surface area contributed by atoms with E-state index in [4.69, 9.17) is 4.74 Å². The van der Waals surface area contributed by atoms with E-state index < -0.39 is 11.7 Å². The maximum Gasteiger partial charge on any atom is 0.407 e. The minimum absolute atomic E-state index is 0.0699. The summed E-state index contributed by atoms with van der Waals surface area (Å²) in [4.78, 5) is 28.9. The first-order chi connectivity index (χ1) is 17.2. The molecule has 1 aliphatic carbocycles. The van der Waals surface area contributed by atoms with Crippen molar-refractivity contribution in [1.29, 1.82) is 0 Å². The molecule has 4 aromatic rings. The zero-order valence-corrected chi connectivity index (χ0v) is 21.3. The fraction of sp³-hybridized carbons (Fsp3) is 0.333. The van der Waals surface area contributed by atoms with E-state index in [-0.39, 0.29) is 11.4 Å².